The van der Waals surface area contributed by atoms with Gasteiger partial charge in [-0.2, -0.15) is 0 Å². The third-order valence-electron chi connectivity index (χ3n) is 3.69. The van der Waals surface area contributed by atoms with E-state index in [4.69, 9.17) is 11.6 Å². The zero-order chi connectivity index (χ0) is 9.60. The highest BCUT2D eigenvalue weighted by atomic mass is 35.5. The third-order valence-corrected chi connectivity index (χ3v) is 3.93. The van der Waals surface area contributed by atoms with E-state index in [1.165, 1.54) is 24.9 Å². The molecule has 74 valence electrons. The zero-order valence-corrected chi connectivity index (χ0v) is 8.85. The van der Waals surface area contributed by atoms with Crippen molar-refractivity contribution in [1.29, 1.82) is 0 Å². The second-order valence-corrected chi connectivity index (χ2v) is 5.13. The Bertz CT molecular complexity index is 350. The molecule has 2 bridgehead atoms. The molecule has 0 spiro atoms. The number of benzene rings is 1. The van der Waals surface area contributed by atoms with E-state index in [1.54, 1.807) is 0 Å². The largest absolute Gasteiger partial charge is 0.316 e. The van der Waals surface area contributed by atoms with E-state index in [1.807, 2.05) is 6.07 Å². The Morgan fingerprint density at radius 3 is 2.86 bits per heavy atom. The average Bonchev–Trinajstić information content (AvgIpc) is 2.17. The number of hydrogen-bond donors (Lipinski definition) is 1. The summed E-state index contributed by atoms with van der Waals surface area (Å²) in [5.74, 6) is 0.905. The number of piperidine rings is 2. The molecule has 14 heavy (non-hydrogen) atoms. The van der Waals surface area contributed by atoms with Crippen molar-refractivity contribution in [1.82, 2.24) is 5.32 Å². The lowest BCUT2D eigenvalue weighted by molar-refractivity contribution is 0.0901. The van der Waals surface area contributed by atoms with Gasteiger partial charge in [-0.25, -0.2) is 0 Å². The molecule has 4 rings (SSSR count). The molecule has 2 heterocycles. The predicted octanol–water partition coefficient (Wildman–Crippen LogP) is 2.59. The quantitative estimate of drug-likeness (QED) is 0.747. The molecule has 0 aromatic heterocycles. The average molecular weight is 208 g/mol. The van der Waals surface area contributed by atoms with Crippen molar-refractivity contribution in [2.75, 3.05) is 13.1 Å². The van der Waals surface area contributed by atoms with Gasteiger partial charge in [-0.3, -0.25) is 0 Å². The van der Waals surface area contributed by atoms with Gasteiger partial charge in [0.05, 0.1) is 0 Å². The van der Waals surface area contributed by atoms with Crippen LogP contribution < -0.4 is 5.32 Å². The van der Waals surface area contributed by atoms with Crippen LogP contribution in [0, 0.1) is 5.92 Å². The molecular formula is C12H14ClN. The van der Waals surface area contributed by atoms with Gasteiger partial charge in [0, 0.05) is 17.0 Å². The number of halogens is 1. The van der Waals surface area contributed by atoms with Gasteiger partial charge < -0.3 is 5.32 Å². The third kappa shape index (κ3) is 1.19. The van der Waals surface area contributed by atoms with Crippen LogP contribution in [0.1, 0.15) is 18.4 Å². The van der Waals surface area contributed by atoms with Gasteiger partial charge in [-0.1, -0.05) is 23.7 Å². The highest BCUT2D eigenvalue weighted by molar-refractivity contribution is 6.30. The normalized spacial score (nSPS) is 35.1. The van der Waals surface area contributed by atoms with Crippen LogP contribution in [-0.2, 0) is 5.41 Å². The van der Waals surface area contributed by atoms with E-state index in [-0.39, 0.29) is 0 Å². The summed E-state index contributed by atoms with van der Waals surface area (Å²) < 4.78 is 0. The monoisotopic (exact) mass is 207 g/mol. The van der Waals surface area contributed by atoms with Gasteiger partial charge in [-0.15, -0.1) is 0 Å². The maximum absolute atomic E-state index is 6.02. The van der Waals surface area contributed by atoms with Crippen molar-refractivity contribution < 1.29 is 0 Å². The molecule has 0 atom stereocenters. The van der Waals surface area contributed by atoms with E-state index < -0.39 is 0 Å². The maximum Gasteiger partial charge on any atom is 0.0408 e. The molecule has 0 unspecified atom stereocenters. The Balaban J connectivity index is 1.95. The van der Waals surface area contributed by atoms with Gasteiger partial charge in [0.15, 0.2) is 0 Å². The Morgan fingerprint density at radius 2 is 2.21 bits per heavy atom. The van der Waals surface area contributed by atoms with Crippen LogP contribution in [-0.4, -0.2) is 13.1 Å². The topological polar surface area (TPSA) is 12.0 Å². The van der Waals surface area contributed by atoms with E-state index in [2.05, 4.69) is 23.5 Å². The van der Waals surface area contributed by atoms with Crippen molar-refractivity contribution in [2.45, 2.75) is 18.3 Å². The Morgan fingerprint density at radius 1 is 1.36 bits per heavy atom. The van der Waals surface area contributed by atoms with Gasteiger partial charge in [0.1, 0.15) is 0 Å². The van der Waals surface area contributed by atoms with E-state index in [9.17, 15) is 0 Å². The van der Waals surface area contributed by atoms with Crippen LogP contribution in [0.25, 0.3) is 0 Å². The first kappa shape index (κ1) is 8.75. The van der Waals surface area contributed by atoms with E-state index in [0.717, 1.165) is 17.5 Å². The minimum Gasteiger partial charge on any atom is -0.316 e. The second-order valence-electron chi connectivity index (χ2n) is 4.70. The molecular weight excluding hydrogens is 194 g/mol. The molecule has 0 amide bonds. The number of hydrogen-bond acceptors (Lipinski definition) is 1. The highest BCUT2D eigenvalue weighted by Crippen LogP contribution is 2.49. The summed E-state index contributed by atoms with van der Waals surface area (Å²) in [6.07, 6.45) is 2.70. The molecule has 3 aliphatic rings. The Hall–Kier alpha value is -0.530. The first-order chi connectivity index (χ1) is 6.78. The number of fused-ring (bicyclic) bond motifs is 2. The Kier molecular flexibility index (Phi) is 1.86. The summed E-state index contributed by atoms with van der Waals surface area (Å²) in [4.78, 5) is 0. The van der Waals surface area contributed by atoms with Gasteiger partial charge >= 0.3 is 0 Å². The van der Waals surface area contributed by atoms with E-state index in [0.29, 0.717) is 5.41 Å². The SMILES string of the molecule is Clc1cccc(C23CNCC(C2)C3)c1. The molecule has 0 radical (unpaired) electrons. The predicted molar refractivity (Wildman–Crippen MR) is 58.7 cm³/mol. The molecule has 1 aromatic rings. The molecule has 1 N–H and O–H groups in total. The zero-order valence-electron chi connectivity index (χ0n) is 8.09. The van der Waals surface area contributed by atoms with Crippen LogP contribution >= 0.6 is 11.6 Å². The van der Waals surface area contributed by atoms with Gasteiger partial charge in [-0.05, 0) is 43.0 Å². The fourth-order valence-corrected chi connectivity index (χ4v) is 3.20. The van der Waals surface area contributed by atoms with E-state index >= 15 is 0 Å². The lowest BCUT2D eigenvalue weighted by Gasteiger charge is -2.53. The summed E-state index contributed by atoms with van der Waals surface area (Å²) in [5, 5.41) is 4.37. The smallest absolute Gasteiger partial charge is 0.0408 e. The molecule has 1 aliphatic carbocycles. The lowest BCUT2D eigenvalue weighted by Crippen LogP contribution is -2.57. The minimum atomic E-state index is 0.411. The number of rotatable bonds is 1. The minimum absolute atomic E-state index is 0.411. The van der Waals surface area contributed by atoms with Crippen LogP contribution in [0.5, 0.6) is 0 Å². The first-order valence-electron chi connectivity index (χ1n) is 5.25. The molecule has 2 heteroatoms. The molecule has 1 nitrogen and oxygen atoms in total. The van der Waals surface area contributed by atoms with Crippen molar-refractivity contribution >= 4 is 11.6 Å². The van der Waals surface area contributed by atoms with Gasteiger partial charge in [0.25, 0.3) is 0 Å². The summed E-state index contributed by atoms with van der Waals surface area (Å²) >= 11 is 6.02. The fourth-order valence-electron chi connectivity index (χ4n) is 3.01. The van der Waals surface area contributed by atoms with Crippen LogP contribution in [0.2, 0.25) is 5.02 Å². The van der Waals surface area contributed by atoms with Crippen molar-refractivity contribution in [2.24, 2.45) is 5.92 Å². The highest BCUT2D eigenvalue weighted by Gasteiger charge is 2.47. The van der Waals surface area contributed by atoms with Crippen molar-refractivity contribution in [3.63, 3.8) is 0 Å². The molecule has 2 aliphatic heterocycles. The summed E-state index contributed by atoms with van der Waals surface area (Å²) in [5.41, 5.74) is 1.84. The van der Waals surface area contributed by atoms with Crippen LogP contribution in [0.3, 0.4) is 0 Å². The molecule has 1 aromatic carbocycles. The lowest BCUT2D eigenvalue weighted by atomic mass is 9.56. The van der Waals surface area contributed by atoms with Gasteiger partial charge in [0.2, 0.25) is 0 Å². The van der Waals surface area contributed by atoms with Crippen molar-refractivity contribution in [3.8, 4) is 0 Å². The molecule has 3 fully saturated rings. The first-order valence-corrected chi connectivity index (χ1v) is 5.63. The molecule has 1 saturated carbocycles. The fraction of sp³-hybridized carbons (Fsp3) is 0.500. The summed E-state index contributed by atoms with van der Waals surface area (Å²) in [7, 11) is 0. The summed E-state index contributed by atoms with van der Waals surface area (Å²) in [6.45, 7) is 2.34. The second kappa shape index (κ2) is 2.98. The van der Waals surface area contributed by atoms with Crippen LogP contribution in [0.15, 0.2) is 24.3 Å². The van der Waals surface area contributed by atoms with Crippen LogP contribution in [0.4, 0.5) is 0 Å². The molecule has 2 saturated heterocycles. The summed E-state index contributed by atoms with van der Waals surface area (Å²) in [6, 6.07) is 8.36. The Labute approximate surface area is 89.5 Å². The standard InChI is InChI=1S/C12H14ClN/c13-11-3-1-2-10(4-11)12-5-9(6-12)7-14-8-12/h1-4,9,14H,5-8H2. The number of nitrogens with one attached hydrogen (secondary N) is 1. The maximum atomic E-state index is 6.02. The van der Waals surface area contributed by atoms with Crippen molar-refractivity contribution in [3.05, 3.63) is 34.9 Å².